The van der Waals surface area contributed by atoms with E-state index in [4.69, 9.17) is 21.5 Å². The van der Waals surface area contributed by atoms with Gasteiger partial charge in [-0.3, -0.25) is 15.7 Å². The first kappa shape index (κ1) is 15.9. The molecule has 3 aromatic rings. The van der Waals surface area contributed by atoms with E-state index < -0.39 is 0 Å². The summed E-state index contributed by atoms with van der Waals surface area (Å²) < 4.78 is 5.20. The van der Waals surface area contributed by atoms with Gasteiger partial charge in [-0.15, -0.1) is 0 Å². The zero-order chi connectivity index (χ0) is 17.1. The van der Waals surface area contributed by atoms with Gasteiger partial charge in [0.2, 0.25) is 0 Å². The van der Waals surface area contributed by atoms with Crippen molar-refractivity contribution in [3.05, 3.63) is 53.2 Å². The minimum atomic E-state index is 0.396. The van der Waals surface area contributed by atoms with Crippen LogP contribution in [0.5, 0.6) is 5.75 Å². The highest BCUT2D eigenvalue weighted by Gasteiger charge is 2.12. The van der Waals surface area contributed by atoms with Gasteiger partial charge in [0, 0.05) is 17.6 Å². The molecule has 7 heteroatoms. The monoisotopic (exact) mass is 340 g/mol. The predicted molar refractivity (Wildman–Crippen MR) is 93.2 cm³/mol. The lowest BCUT2D eigenvalue weighted by molar-refractivity contribution is 0.389. The highest BCUT2D eigenvalue weighted by molar-refractivity contribution is 6.33. The number of nitrogens with one attached hydrogen (secondary N) is 2. The quantitative estimate of drug-likeness (QED) is 0.613. The van der Waals surface area contributed by atoms with E-state index in [0.717, 1.165) is 5.39 Å². The molecule has 0 atom stereocenters. The first-order valence-electron chi connectivity index (χ1n) is 7.00. The molecule has 0 aliphatic carbocycles. The number of benzene rings is 2. The zero-order valence-corrected chi connectivity index (χ0v) is 13.4. The molecule has 0 saturated carbocycles. The van der Waals surface area contributed by atoms with E-state index in [1.807, 2.05) is 11.5 Å². The summed E-state index contributed by atoms with van der Waals surface area (Å²) in [5.41, 5.74) is 4.81. The van der Waals surface area contributed by atoms with Crippen molar-refractivity contribution >= 4 is 39.6 Å². The molecule has 120 valence electrons. The summed E-state index contributed by atoms with van der Waals surface area (Å²) in [5.74, 6) is 0.682. The van der Waals surface area contributed by atoms with Crippen LogP contribution in [0, 0.1) is 11.3 Å². The van der Waals surface area contributed by atoms with Crippen LogP contribution in [-0.2, 0) is 0 Å². The van der Waals surface area contributed by atoms with Gasteiger partial charge in [-0.2, -0.15) is 5.26 Å². The number of fused-ring (bicyclic) bond motifs is 1. The van der Waals surface area contributed by atoms with Crippen molar-refractivity contribution in [1.29, 1.82) is 5.26 Å². The number of hydrogen-bond donors (Lipinski definition) is 3. The van der Waals surface area contributed by atoms with Crippen molar-refractivity contribution in [3.8, 4) is 11.8 Å². The van der Waals surface area contributed by atoms with Crippen molar-refractivity contribution < 1.29 is 9.94 Å². The molecule has 0 saturated heterocycles. The lowest BCUT2D eigenvalue weighted by Crippen LogP contribution is -1.98. The topological polar surface area (TPSA) is 90.2 Å². The molecule has 0 unspecified atom stereocenters. The van der Waals surface area contributed by atoms with E-state index in [2.05, 4.69) is 16.4 Å². The summed E-state index contributed by atoms with van der Waals surface area (Å²) in [6.45, 7) is 0. The molecule has 0 aliphatic heterocycles. The van der Waals surface area contributed by atoms with E-state index in [1.54, 1.807) is 37.4 Å². The molecule has 2 aromatic carbocycles. The van der Waals surface area contributed by atoms with Crippen LogP contribution in [0.25, 0.3) is 10.9 Å². The molecule has 0 fully saturated rings. The fourth-order valence-corrected chi connectivity index (χ4v) is 2.57. The van der Waals surface area contributed by atoms with Crippen LogP contribution in [0.1, 0.15) is 5.56 Å². The highest BCUT2D eigenvalue weighted by atomic mass is 35.5. The third-order valence-corrected chi connectivity index (χ3v) is 3.87. The zero-order valence-electron chi connectivity index (χ0n) is 12.7. The predicted octanol–water partition coefficient (Wildman–Crippen LogP) is 4.31. The summed E-state index contributed by atoms with van der Waals surface area (Å²) in [6, 6.07) is 12.5. The number of pyridine rings is 1. The van der Waals surface area contributed by atoms with Crippen LogP contribution >= 0.6 is 11.6 Å². The molecule has 0 bridgehead atoms. The van der Waals surface area contributed by atoms with Gasteiger partial charge in [0.1, 0.15) is 11.8 Å². The number of methoxy groups -OCH3 is 1. The number of nitriles is 1. The smallest absolute Gasteiger partial charge is 0.121 e. The Balaban J connectivity index is 2.12. The number of rotatable bonds is 4. The van der Waals surface area contributed by atoms with Crippen molar-refractivity contribution in [2.45, 2.75) is 0 Å². The van der Waals surface area contributed by atoms with Gasteiger partial charge in [0.05, 0.1) is 40.3 Å². The van der Waals surface area contributed by atoms with E-state index >= 15 is 0 Å². The van der Waals surface area contributed by atoms with E-state index in [1.165, 1.54) is 6.20 Å². The van der Waals surface area contributed by atoms with Crippen molar-refractivity contribution in [1.82, 2.24) is 4.98 Å². The normalized spacial score (nSPS) is 10.2. The van der Waals surface area contributed by atoms with Gasteiger partial charge < -0.3 is 10.1 Å². The number of aromatic nitrogens is 1. The van der Waals surface area contributed by atoms with Crippen molar-refractivity contribution in [3.63, 3.8) is 0 Å². The maximum atomic E-state index is 9.38. The van der Waals surface area contributed by atoms with Crippen LogP contribution in [0.15, 0.2) is 42.6 Å². The maximum Gasteiger partial charge on any atom is 0.121 e. The maximum absolute atomic E-state index is 9.38. The Morgan fingerprint density at radius 2 is 2.08 bits per heavy atom. The molecular weight excluding hydrogens is 328 g/mol. The fraction of sp³-hybridized carbons (Fsp3) is 0.0588. The summed E-state index contributed by atoms with van der Waals surface area (Å²) >= 11 is 6.22. The largest absolute Gasteiger partial charge is 0.497 e. The Morgan fingerprint density at radius 1 is 1.25 bits per heavy atom. The van der Waals surface area contributed by atoms with Crippen LogP contribution in [0.4, 0.5) is 17.1 Å². The third-order valence-electron chi connectivity index (χ3n) is 3.55. The molecule has 0 radical (unpaired) electrons. The molecule has 3 N–H and O–H groups in total. The summed E-state index contributed by atoms with van der Waals surface area (Å²) in [7, 11) is 1.58. The minimum Gasteiger partial charge on any atom is -0.497 e. The van der Waals surface area contributed by atoms with Gasteiger partial charge in [-0.25, -0.2) is 0 Å². The Bertz CT molecular complexity index is 953. The second-order valence-corrected chi connectivity index (χ2v) is 5.38. The van der Waals surface area contributed by atoms with Crippen LogP contribution in [0.2, 0.25) is 5.02 Å². The Labute approximate surface area is 143 Å². The molecule has 3 rings (SSSR count). The molecule has 0 amide bonds. The van der Waals surface area contributed by atoms with Crippen LogP contribution in [-0.4, -0.2) is 17.3 Å². The Kier molecular flexibility index (Phi) is 4.38. The lowest BCUT2D eigenvalue weighted by Gasteiger charge is -2.14. The van der Waals surface area contributed by atoms with Gasteiger partial charge in [-0.1, -0.05) is 11.6 Å². The Hall–Kier alpha value is -3.01. The van der Waals surface area contributed by atoms with Crippen LogP contribution < -0.4 is 15.5 Å². The average molecular weight is 341 g/mol. The van der Waals surface area contributed by atoms with Crippen molar-refractivity contribution in [2.75, 3.05) is 17.9 Å². The molecule has 0 aliphatic rings. The second kappa shape index (κ2) is 6.62. The molecule has 0 spiro atoms. The number of halogens is 1. The van der Waals surface area contributed by atoms with E-state index in [9.17, 15) is 5.26 Å². The van der Waals surface area contributed by atoms with Crippen LogP contribution in [0.3, 0.4) is 0 Å². The lowest BCUT2D eigenvalue weighted by atomic mass is 10.1. The molecular formula is C17H13ClN4O2. The van der Waals surface area contributed by atoms with E-state index in [-0.39, 0.29) is 0 Å². The van der Waals surface area contributed by atoms with Gasteiger partial charge in [0.25, 0.3) is 0 Å². The molecule has 6 nitrogen and oxygen atoms in total. The average Bonchev–Trinajstić information content (AvgIpc) is 2.62. The number of nitrogens with zero attached hydrogens (tertiary/aromatic N) is 2. The van der Waals surface area contributed by atoms with Crippen molar-refractivity contribution in [2.24, 2.45) is 0 Å². The SMILES string of the molecule is COc1ccc2c(Nc3ccc(NO)cc3Cl)c(C#N)cnc2c1. The molecule has 1 heterocycles. The van der Waals surface area contributed by atoms with Gasteiger partial charge in [0.15, 0.2) is 0 Å². The van der Waals surface area contributed by atoms with Gasteiger partial charge in [-0.05, 0) is 30.3 Å². The summed E-state index contributed by atoms with van der Waals surface area (Å²) in [5, 5.41) is 22.7. The standard InChI is InChI=1S/C17H13ClN4O2/c1-24-12-3-4-13-16(7-12)20-9-10(8-19)17(13)21-15-5-2-11(22-23)6-14(15)18/h2-7,9,22-23H,1H3,(H,20,21). The summed E-state index contributed by atoms with van der Waals surface area (Å²) in [6.07, 6.45) is 1.50. The molecule has 24 heavy (non-hydrogen) atoms. The number of hydrogen-bond acceptors (Lipinski definition) is 6. The van der Waals surface area contributed by atoms with E-state index in [0.29, 0.717) is 38.9 Å². The molecule has 1 aromatic heterocycles. The van der Waals surface area contributed by atoms with Gasteiger partial charge >= 0.3 is 0 Å². The first-order chi connectivity index (χ1) is 11.7. The fourth-order valence-electron chi connectivity index (χ4n) is 2.34. The highest BCUT2D eigenvalue weighted by Crippen LogP contribution is 2.34. The second-order valence-electron chi connectivity index (χ2n) is 4.97. The third kappa shape index (κ3) is 2.91. The first-order valence-corrected chi connectivity index (χ1v) is 7.37. The summed E-state index contributed by atoms with van der Waals surface area (Å²) in [4.78, 5) is 4.29. The Morgan fingerprint density at radius 3 is 2.75 bits per heavy atom. The number of ether oxygens (including phenoxy) is 1. The number of anilines is 3. The minimum absolute atomic E-state index is 0.396.